The standard InChI is InChI=1S/C13H21NO2/c1-2-4-12(5-3-1)10-15-13(16-11-12)6-8-14-9-7-13/h1-2,14H,3-11H2. The molecule has 3 nitrogen and oxygen atoms in total. The van der Waals surface area contributed by atoms with E-state index in [0.29, 0.717) is 0 Å². The van der Waals surface area contributed by atoms with Crippen LogP contribution in [0.4, 0.5) is 0 Å². The van der Waals surface area contributed by atoms with Crippen molar-refractivity contribution in [3.8, 4) is 0 Å². The van der Waals surface area contributed by atoms with Gasteiger partial charge >= 0.3 is 0 Å². The number of allylic oxidation sites excluding steroid dienone is 2. The van der Waals surface area contributed by atoms with Crippen LogP contribution in [0.3, 0.4) is 0 Å². The molecule has 2 spiro atoms. The summed E-state index contributed by atoms with van der Waals surface area (Å²) in [6.45, 7) is 3.81. The van der Waals surface area contributed by atoms with E-state index in [1.54, 1.807) is 0 Å². The molecule has 0 amide bonds. The second-order valence-corrected chi connectivity index (χ2v) is 5.45. The Morgan fingerprint density at radius 3 is 2.31 bits per heavy atom. The molecule has 3 heteroatoms. The number of hydrogen-bond acceptors (Lipinski definition) is 3. The summed E-state index contributed by atoms with van der Waals surface area (Å²) < 4.78 is 12.2. The van der Waals surface area contributed by atoms with Crippen molar-refractivity contribution in [3.05, 3.63) is 12.2 Å². The molecule has 0 radical (unpaired) electrons. The Morgan fingerprint density at radius 2 is 1.69 bits per heavy atom. The van der Waals surface area contributed by atoms with Crippen LogP contribution in [0.1, 0.15) is 32.1 Å². The number of piperidine rings is 1. The largest absolute Gasteiger partial charge is 0.349 e. The molecule has 2 heterocycles. The van der Waals surface area contributed by atoms with Crippen LogP contribution in [0, 0.1) is 5.41 Å². The molecule has 3 aliphatic rings. The van der Waals surface area contributed by atoms with Gasteiger partial charge in [0.1, 0.15) is 0 Å². The maximum atomic E-state index is 6.10. The minimum Gasteiger partial charge on any atom is -0.349 e. The van der Waals surface area contributed by atoms with E-state index in [4.69, 9.17) is 9.47 Å². The second kappa shape index (κ2) is 4.13. The molecule has 0 bridgehead atoms. The molecule has 0 aromatic heterocycles. The van der Waals surface area contributed by atoms with Crippen LogP contribution >= 0.6 is 0 Å². The molecule has 0 unspecified atom stereocenters. The Balaban J connectivity index is 1.64. The van der Waals surface area contributed by atoms with Crippen LogP contribution < -0.4 is 5.32 Å². The topological polar surface area (TPSA) is 30.5 Å². The summed E-state index contributed by atoms with van der Waals surface area (Å²) in [5.41, 5.74) is 0.283. The van der Waals surface area contributed by atoms with Gasteiger partial charge in [0.2, 0.25) is 0 Å². The summed E-state index contributed by atoms with van der Waals surface area (Å²) in [6.07, 6.45) is 10.1. The van der Waals surface area contributed by atoms with Crippen molar-refractivity contribution in [1.29, 1.82) is 0 Å². The van der Waals surface area contributed by atoms with E-state index < -0.39 is 0 Å². The molecule has 2 saturated heterocycles. The van der Waals surface area contributed by atoms with E-state index >= 15 is 0 Å². The normalized spacial score (nSPS) is 32.0. The van der Waals surface area contributed by atoms with Crippen molar-refractivity contribution in [2.45, 2.75) is 37.9 Å². The van der Waals surface area contributed by atoms with Gasteiger partial charge in [0.25, 0.3) is 0 Å². The van der Waals surface area contributed by atoms with Gasteiger partial charge in [0.15, 0.2) is 5.79 Å². The molecule has 2 aliphatic heterocycles. The van der Waals surface area contributed by atoms with Crippen LogP contribution in [0.5, 0.6) is 0 Å². The van der Waals surface area contributed by atoms with Crippen molar-refractivity contribution in [2.24, 2.45) is 5.41 Å². The van der Waals surface area contributed by atoms with Crippen LogP contribution in [-0.2, 0) is 9.47 Å². The van der Waals surface area contributed by atoms with Crippen LogP contribution in [0.25, 0.3) is 0 Å². The average molecular weight is 223 g/mol. The Labute approximate surface area is 97.2 Å². The van der Waals surface area contributed by atoms with Gasteiger partial charge in [-0.05, 0) is 19.3 Å². The van der Waals surface area contributed by atoms with Gasteiger partial charge in [-0.1, -0.05) is 12.2 Å². The number of nitrogens with one attached hydrogen (secondary N) is 1. The number of rotatable bonds is 0. The zero-order chi connectivity index (χ0) is 10.9. The summed E-state index contributed by atoms with van der Waals surface area (Å²) in [7, 11) is 0. The fourth-order valence-corrected chi connectivity index (χ4v) is 2.95. The molecule has 0 saturated carbocycles. The smallest absolute Gasteiger partial charge is 0.170 e. The highest BCUT2D eigenvalue weighted by Gasteiger charge is 2.44. The lowest BCUT2D eigenvalue weighted by atomic mass is 9.77. The number of ether oxygens (including phenoxy) is 2. The molecule has 0 aromatic carbocycles. The number of hydrogen-bond donors (Lipinski definition) is 1. The zero-order valence-corrected chi connectivity index (χ0v) is 9.84. The van der Waals surface area contributed by atoms with Gasteiger partial charge in [0, 0.05) is 31.3 Å². The van der Waals surface area contributed by atoms with E-state index in [9.17, 15) is 0 Å². The third-order valence-corrected chi connectivity index (χ3v) is 4.21. The van der Waals surface area contributed by atoms with Crippen LogP contribution in [0.15, 0.2) is 12.2 Å². The van der Waals surface area contributed by atoms with E-state index in [2.05, 4.69) is 17.5 Å². The highest BCUT2D eigenvalue weighted by Crippen LogP contribution is 2.41. The lowest BCUT2D eigenvalue weighted by Crippen LogP contribution is -2.54. The molecule has 3 rings (SSSR count). The Bertz CT molecular complexity index is 272. The molecule has 2 fully saturated rings. The van der Waals surface area contributed by atoms with Gasteiger partial charge in [-0.25, -0.2) is 0 Å². The maximum Gasteiger partial charge on any atom is 0.170 e. The van der Waals surface area contributed by atoms with Crippen molar-refractivity contribution in [2.75, 3.05) is 26.3 Å². The van der Waals surface area contributed by atoms with Crippen LogP contribution in [-0.4, -0.2) is 32.1 Å². The van der Waals surface area contributed by atoms with E-state index in [1.165, 1.54) is 12.8 Å². The first-order valence-electron chi connectivity index (χ1n) is 6.46. The van der Waals surface area contributed by atoms with Gasteiger partial charge in [-0.3, -0.25) is 0 Å². The monoisotopic (exact) mass is 223 g/mol. The fraction of sp³-hybridized carbons (Fsp3) is 0.846. The summed E-state index contributed by atoms with van der Waals surface area (Å²) >= 11 is 0. The fourth-order valence-electron chi connectivity index (χ4n) is 2.95. The van der Waals surface area contributed by atoms with Gasteiger partial charge in [-0.15, -0.1) is 0 Å². The Hall–Kier alpha value is -0.380. The van der Waals surface area contributed by atoms with Crippen molar-refractivity contribution < 1.29 is 9.47 Å². The quantitative estimate of drug-likeness (QED) is 0.636. The third kappa shape index (κ3) is 1.92. The summed E-state index contributed by atoms with van der Waals surface area (Å²) in [5.74, 6) is -0.252. The highest BCUT2D eigenvalue weighted by atomic mass is 16.7. The Morgan fingerprint density at radius 1 is 0.938 bits per heavy atom. The molecule has 16 heavy (non-hydrogen) atoms. The summed E-state index contributed by atoms with van der Waals surface area (Å²) in [4.78, 5) is 0. The van der Waals surface area contributed by atoms with Crippen molar-refractivity contribution >= 4 is 0 Å². The average Bonchev–Trinajstić information content (AvgIpc) is 2.36. The lowest BCUT2D eigenvalue weighted by molar-refractivity contribution is -0.313. The molecule has 0 atom stereocenters. The zero-order valence-electron chi connectivity index (χ0n) is 9.84. The minimum atomic E-state index is -0.252. The highest BCUT2D eigenvalue weighted by molar-refractivity contribution is 5.00. The molecular formula is C13H21NO2. The minimum absolute atomic E-state index is 0.252. The molecule has 1 N–H and O–H groups in total. The molecule has 1 aliphatic carbocycles. The van der Waals surface area contributed by atoms with Gasteiger partial charge < -0.3 is 14.8 Å². The van der Waals surface area contributed by atoms with Crippen molar-refractivity contribution in [1.82, 2.24) is 5.32 Å². The van der Waals surface area contributed by atoms with Crippen LogP contribution in [0.2, 0.25) is 0 Å². The maximum absolute atomic E-state index is 6.10. The lowest BCUT2D eigenvalue weighted by Gasteiger charge is -2.48. The SMILES string of the molecule is C1=CCC2(CC1)COC1(CCNCC1)OC2. The summed E-state index contributed by atoms with van der Waals surface area (Å²) in [5, 5.41) is 3.36. The van der Waals surface area contributed by atoms with E-state index in [0.717, 1.165) is 45.6 Å². The Kier molecular flexibility index (Phi) is 2.78. The molecular weight excluding hydrogens is 202 g/mol. The van der Waals surface area contributed by atoms with Crippen molar-refractivity contribution in [3.63, 3.8) is 0 Å². The van der Waals surface area contributed by atoms with E-state index in [1.807, 2.05) is 0 Å². The molecule has 90 valence electrons. The molecule has 0 aromatic rings. The third-order valence-electron chi connectivity index (χ3n) is 4.21. The predicted octanol–water partition coefficient (Wildman–Crippen LogP) is 1.84. The first kappa shape index (κ1) is 10.8. The first-order valence-corrected chi connectivity index (χ1v) is 6.46. The summed E-state index contributed by atoms with van der Waals surface area (Å²) in [6, 6.07) is 0. The predicted molar refractivity (Wildman–Crippen MR) is 62.2 cm³/mol. The van der Waals surface area contributed by atoms with Gasteiger partial charge in [0.05, 0.1) is 13.2 Å². The van der Waals surface area contributed by atoms with E-state index in [-0.39, 0.29) is 11.2 Å². The second-order valence-electron chi connectivity index (χ2n) is 5.45. The van der Waals surface area contributed by atoms with Gasteiger partial charge in [-0.2, -0.15) is 0 Å². The first-order chi connectivity index (χ1) is 7.83.